The summed E-state index contributed by atoms with van der Waals surface area (Å²) in [5.41, 5.74) is -0.779. The molecule has 0 aliphatic rings. The summed E-state index contributed by atoms with van der Waals surface area (Å²) in [5, 5.41) is 11.0. The largest absolute Gasteiger partial charge is 0.481 e. The van der Waals surface area contributed by atoms with Gasteiger partial charge < -0.3 is 10.4 Å². The van der Waals surface area contributed by atoms with E-state index < -0.39 is 36.1 Å². The number of hydrogen-bond acceptors (Lipinski definition) is 2. The molecule has 0 aromatic heterocycles. The molecule has 0 aliphatic carbocycles. The smallest absolute Gasteiger partial charge is 0.416 e. The lowest BCUT2D eigenvalue weighted by Crippen LogP contribution is -2.28. The van der Waals surface area contributed by atoms with Gasteiger partial charge in [-0.3, -0.25) is 9.59 Å². The Morgan fingerprint density at radius 1 is 1.37 bits per heavy atom. The maximum absolute atomic E-state index is 12.6. The van der Waals surface area contributed by atoms with Crippen LogP contribution in [-0.4, -0.2) is 17.0 Å². The highest BCUT2D eigenvalue weighted by Gasteiger charge is 2.31. The highest BCUT2D eigenvalue weighted by molar-refractivity contribution is 5.75. The topological polar surface area (TPSA) is 66.4 Å². The van der Waals surface area contributed by atoms with Crippen molar-refractivity contribution < 1.29 is 27.9 Å². The van der Waals surface area contributed by atoms with Gasteiger partial charge in [0, 0.05) is 6.92 Å². The summed E-state index contributed by atoms with van der Waals surface area (Å²) in [6, 6.07) is 3.25. The molecule has 1 rings (SSSR count). The van der Waals surface area contributed by atoms with Crippen molar-refractivity contribution >= 4 is 11.9 Å². The monoisotopic (exact) mass is 275 g/mol. The van der Waals surface area contributed by atoms with Crippen molar-refractivity contribution in [3.8, 4) is 0 Å². The van der Waals surface area contributed by atoms with Crippen LogP contribution >= 0.6 is 0 Å². The van der Waals surface area contributed by atoms with Crippen LogP contribution in [0.25, 0.3) is 0 Å². The Labute approximate surface area is 107 Å². The van der Waals surface area contributed by atoms with E-state index in [0.717, 1.165) is 12.1 Å². The molecule has 7 heteroatoms. The van der Waals surface area contributed by atoms with Gasteiger partial charge in [-0.2, -0.15) is 13.2 Å². The summed E-state index contributed by atoms with van der Waals surface area (Å²) in [5.74, 6) is -1.72. The van der Waals surface area contributed by atoms with Crippen LogP contribution in [0.3, 0.4) is 0 Å². The first-order valence-electron chi connectivity index (χ1n) is 5.36. The van der Waals surface area contributed by atoms with Gasteiger partial charge in [-0.15, -0.1) is 0 Å². The number of halogens is 3. The third-order valence-corrected chi connectivity index (χ3v) is 2.37. The van der Waals surface area contributed by atoms with Crippen LogP contribution in [0.2, 0.25) is 0 Å². The summed E-state index contributed by atoms with van der Waals surface area (Å²) in [6.45, 7) is 1.17. The van der Waals surface area contributed by atoms with E-state index in [-0.39, 0.29) is 5.56 Å². The summed E-state index contributed by atoms with van der Waals surface area (Å²) >= 11 is 0. The van der Waals surface area contributed by atoms with E-state index in [1.165, 1.54) is 19.1 Å². The number of aliphatic carboxylic acids is 1. The second-order valence-electron chi connectivity index (χ2n) is 3.97. The van der Waals surface area contributed by atoms with Crippen LogP contribution in [0.5, 0.6) is 0 Å². The molecule has 0 saturated heterocycles. The molecule has 104 valence electrons. The number of benzene rings is 1. The third kappa shape index (κ3) is 4.61. The van der Waals surface area contributed by atoms with Gasteiger partial charge in [0.1, 0.15) is 0 Å². The number of alkyl halides is 3. The number of carboxylic acids is 1. The van der Waals surface area contributed by atoms with Crippen molar-refractivity contribution in [3.05, 3.63) is 35.4 Å². The van der Waals surface area contributed by atoms with E-state index in [9.17, 15) is 22.8 Å². The average molecular weight is 275 g/mol. The highest BCUT2D eigenvalue weighted by Crippen LogP contribution is 2.31. The minimum absolute atomic E-state index is 0.104. The van der Waals surface area contributed by atoms with Crippen LogP contribution in [0, 0.1) is 0 Å². The Kier molecular flexibility index (Phi) is 4.52. The molecule has 1 aromatic carbocycles. The number of carbonyl (C=O) groups is 2. The number of nitrogens with one attached hydrogen (secondary N) is 1. The van der Waals surface area contributed by atoms with E-state index in [1.807, 2.05) is 0 Å². The molecule has 0 fully saturated rings. The maximum Gasteiger partial charge on any atom is 0.416 e. The molecule has 1 aromatic rings. The molecular formula is C12H12F3NO3. The number of rotatable bonds is 4. The summed E-state index contributed by atoms with van der Waals surface area (Å²) < 4.78 is 37.7. The third-order valence-electron chi connectivity index (χ3n) is 2.37. The maximum atomic E-state index is 12.6. The first-order chi connectivity index (χ1) is 8.70. The van der Waals surface area contributed by atoms with Crippen molar-refractivity contribution in [1.29, 1.82) is 0 Å². The molecule has 0 spiro atoms. The molecule has 1 unspecified atom stereocenters. The Morgan fingerprint density at radius 3 is 2.47 bits per heavy atom. The molecule has 0 bridgehead atoms. The van der Waals surface area contributed by atoms with Crippen LogP contribution in [0.1, 0.15) is 30.5 Å². The van der Waals surface area contributed by atoms with Gasteiger partial charge in [0.25, 0.3) is 0 Å². The molecule has 0 aliphatic heterocycles. The zero-order valence-electron chi connectivity index (χ0n) is 9.99. The van der Waals surface area contributed by atoms with Crippen LogP contribution < -0.4 is 5.32 Å². The van der Waals surface area contributed by atoms with Crippen molar-refractivity contribution in [2.24, 2.45) is 0 Å². The van der Waals surface area contributed by atoms with Crippen LogP contribution in [0.4, 0.5) is 13.2 Å². The fraction of sp³-hybridized carbons (Fsp3) is 0.333. The Bertz CT molecular complexity index is 469. The van der Waals surface area contributed by atoms with Gasteiger partial charge in [-0.1, -0.05) is 12.1 Å². The SMILES string of the molecule is CC(=O)NC(CC(=O)O)c1cccc(C(F)(F)F)c1. The molecule has 0 heterocycles. The van der Waals surface area contributed by atoms with Crippen LogP contribution in [-0.2, 0) is 15.8 Å². The Balaban J connectivity index is 3.08. The van der Waals surface area contributed by atoms with Crippen molar-refractivity contribution in [2.75, 3.05) is 0 Å². The zero-order chi connectivity index (χ0) is 14.6. The van der Waals surface area contributed by atoms with E-state index in [4.69, 9.17) is 5.11 Å². The van der Waals surface area contributed by atoms with Crippen molar-refractivity contribution in [3.63, 3.8) is 0 Å². The predicted molar refractivity (Wildman–Crippen MR) is 60.3 cm³/mol. The number of carboxylic acid groups (broad SMARTS) is 1. The van der Waals surface area contributed by atoms with E-state index in [2.05, 4.69) is 5.32 Å². The van der Waals surface area contributed by atoms with E-state index in [1.54, 1.807) is 0 Å². The van der Waals surface area contributed by atoms with Crippen LogP contribution in [0.15, 0.2) is 24.3 Å². The molecule has 0 radical (unpaired) electrons. The first-order valence-corrected chi connectivity index (χ1v) is 5.36. The molecule has 0 saturated carbocycles. The Hall–Kier alpha value is -2.05. The quantitative estimate of drug-likeness (QED) is 0.886. The first kappa shape index (κ1) is 15.0. The highest BCUT2D eigenvalue weighted by atomic mass is 19.4. The molecule has 1 atom stereocenters. The number of amides is 1. The van der Waals surface area contributed by atoms with Gasteiger partial charge in [0.05, 0.1) is 18.0 Å². The zero-order valence-corrected chi connectivity index (χ0v) is 9.99. The molecule has 1 amide bonds. The van der Waals surface area contributed by atoms with Gasteiger partial charge in [0.15, 0.2) is 0 Å². The number of hydrogen-bond donors (Lipinski definition) is 2. The lowest BCUT2D eigenvalue weighted by Gasteiger charge is -2.17. The normalized spacial score (nSPS) is 12.8. The standard InChI is InChI=1S/C12H12F3NO3/c1-7(17)16-10(6-11(18)19)8-3-2-4-9(5-8)12(13,14)15/h2-5,10H,6H2,1H3,(H,16,17)(H,18,19). The lowest BCUT2D eigenvalue weighted by atomic mass is 10.0. The average Bonchev–Trinajstić information content (AvgIpc) is 2.26. The van der Waals surface area contributed by atoms with E-state index in [0.29, 0.717) is 0 Å². The van der Waals surface area contributed by atoms with E-state index >= 15 is 0 Å². The van der Waals surface area contributed by atoms with Gasteiger partial charge in [-0.25, -0.2) is 0 Å². The Morgan fingerprint density at radius 2 is 2.00 bits per heavy atom. The van der Waals surface area contributed by atoms with Gasteiger partial charge in [-0.05, 0) is 17.7 Å². The fourth-order valence-electron chi connectivity index (χ4n) is 1.60. The summed E-state index contributed by atoms with van der Waals surface area (Å²) in [7, 11) is 0. The molecule has 2 N–H and O–H groups in total. The summed E-state index contributed by atoms with van der Waals surface area (Å²) in [4.78, 5) is 21.6. The number of carbonyl (C=O) groups excluding carboxylic acids is 1. The van der Waals surface area contributed by atoms with Gasteiger partial charge >= 0.3 is 12.1 Å². The molecule has 19 heavy (non-hydrogen) atoms. The summed E-state index contributed by atoms with van der Waals surface area (Å²) in [6.07, 6.45) is -5.00. The second kappa shape index (κ2) is 5.73. The molecular weight excluding hydrogens is 263 g/mol. The van der Waals surface area contributed by atoms with Crippen molar-refractivity contribution in [2.45, 2.75) is 25.6 Å². The fourth-order valence-corrected chi connectivity index (χ4v) is 1.60. The lowest BCUT2D eigenvalue weighted by molar-refractivity contribution is -0.138. The minimum atomic E-state index is -4.51. The second-order valence-corrected chi connectivity index (χ2v) is 3.97. The van der Waals surface area contributed by atoms with Crippen molar-refractivity contribution in [1.82, 2.24) is 5.32 Å². The van der Waals surface area contributed by atoms with Gasteiger partial charge in [0.2, 0.25) is 5.91 Å². The minimum Gasteiger partial charge on any atom is -0.481 e. The molecule has 4 nitrogen and oxygen atoms in total. The predicted octanol–water partition coefficient (Wildman–Crippen LogP) is 2.36.